The van der Waals surface area contributed by atoms with Gasteiger partial charge < -0.3 is 9.67 Å². The van der Waals surface area contributed by atoms with Gasteiger partial charge in [-0.1, -0.05) is 36.0 Å². The number of ketones is 1. The Kier molecular flexibility index (Phi) is 5.20. The molecule has 30 heavy (non-hydrogen) atoms. The average Bonchev–Trinajstić information content (AvgIpc) is 3.11. The van der Waals surface area contributed by atoms with Gasteiger partial charge in [-0.2, -0.15) is 0 Å². The van der Waals surface area contributed by atoms with Gasteiger partial charge >= 0.3 is 0 Å². The molecule has 0 bridgehead atoms. The van der Waals surface area contributed by atoms with E-state index in [9.17, 15) is 20.0 Å². The Hall–Kier alpha value is -3.72. The maximum atomic E-state index is 12.4. The number of hydrogen-bond acceptors (Lipinski definition) is 7. The number of nitrogens with zero attached hydrogens (tertiary/aromatic N) is 4. The van der Waals surface area contributed by atoms with E-state index in [-0.39, 0.29) is 23.0 Å². The second kappa shape index (κ2) is 7.96. The van der Waals surface area contributed by atoms with Crippen LogP contribution in [0.15, 0.2) is 65.8 Å². The first-order valence-corrected chi connectivity index (χ1v) is 9.94. The van der Waals surface area contributed by atoms with Gasteiger partial charge in [-0.05, 0) is 35.0 Å². The Bertz CT molecular complexity index is 1270. The number of non-ortho nitro benzene ring substituents is 1. The van der Waals surface area contributed by atoms with E-state index in [0.29, 0.717) is 22.1 Å². The molecule has 0 aliphatic carbocycles. The molecule has 3 aromatic carbocycles. The van der Waals surface area contributed by atoms with Crippen molar-refractivity contribution in [3.63, 3.8) is 0 Å². The number of carbonyl (C=O) groups excluding carboxylic acids is 1. The summed E-state index contributed by atoms with van der Waals surface area (Å²) in [5, 5.41) is 31.9. The van der Waals surface area contributed by atoms with Gasteiger partial charge in [-0.25, -0.2) is 0 Å². The summed E-state index contributed by atoms with van der Waals surface area (Å²) in [6, 6.07) is 16.7. The monoisotopic (exact) mass is 420 g/mol. The lowest BCUT2D eigenvalue weighted by molar-refractivity contribution is -0.384. The van der Waals surface area contributed by atoms with Crippen LogP contribution in [0, 0.1) is 10.1 Å². The number of rotatable bonds is 6. The molecule has 1 heterocycles. The van der Waals surface area contributed by atoms with E-state index in [1.54, 1.807) is 17.7 Å². The average molecular weight is 420 g/mol. The molecule has 0 radical (unpaired) electrons. The van der Waals surface area contributed by atoms with Gasteiger partial charge in [0.15, 0.2) is 16.8 Å². The van der Waals surface area contributed by atoms with E-state index >= 15 is 0 Å². The molecule has 9 heteroatoms. The van der Waals surface area contributed by atoms with Crippen molar-refractivity contribution in [3.05, 3.63) is 76.3 Å². The van der Waals surface area contributed by atoms with Gasteiger partial charge in [-0.15, -0.1) is 10.2 Å². The van der Waals surface area contributed by atoms with Crippen molar-refractivity contribution in [2.75, 3.05) is 5.75 Å². The largest absolute Gasteiger partial charge is 0.507 e. The SMILES string of the molecule is Cn1c(SCC(=O)c2ccc([N+](=O)[O-])cc2)nnc1-c1cc2ccccc2cc1O. The lowest BCUT2D eigenvalue weighted by atomic mass is 10.1. The van der Waals surface area contributed by atoms with E-state index in [1.165, 1.54) is 36.0 Å². The van der Waals surface area contributed by atoms with Gasteiger partial charge in [0.2, 0.25) is 0 Å². The van der Waals surface area contributed by atoms with E-state index in [2.05, 4.69) is 10.2 Å². The van der Waals surface area contributed by atoms with Crippen LogP contribution in [0.4, 0.5) is 5.69 Å². The number of nitro groups is 1. The molecule has 0 amide bonds. The summed E-state index contributed by atoms with van der Waals surface area (Å²) in [6.45, 7) is 0. The lowest BCUT2D eigenvalue weighted by Crippen LogP contribution is -2.04. The zero-order valence-electron chi connectivity index (χ0n) is 15.8. The molecule has 8 nitrogen and oxygen atoms in total. The highest BCUT2D eigenvalue weighted by atomic mass is 32.2. The minimum Gasteiger partial charge on any atom is -0.507 e. The standard InChI is InChI=1S/C21H16N4O4S/c1-24-20(17-10-14-4-2-3-5-15(14)11-18(17)26)22-23-21(24)30-12-19(27)13-6-8-16(9-7-13)25(28)29/h2-11,26H,12H2,1H3. The fraction of sp³-hybridized carbons (Fsp3) is 0.0952. The molecule has 0 spiro atoms. The second-order valence-corrected chi connectivity index (χ2v) is 7.54. The molecule has 150 valence electrons. The van der Waals surface area contributed by atoms with Crippen molar-refractivity contribution in [2.45, 2.75) is 5.16 Å². The van der Waals surface area contributed by atoms with Crippen LogP contribution in [0.1, 0.15) is 10.4 Å². The highest BCUT2D eigenvalue weighted by Crippen LogP contribution is 2.33. The molecule has 1 aromatic heterocycles. The van der Waals surface area contributed by atoms with Crippen molar-refractivity contribution >= 4 is 34.0 Å². The molecule has 0 aliphatic heterocycles. The van der Waals surface area contributed by atoms with Crippen LogP contribution in [0.3, 0.4) is 0 Å². The van der Waals surface area contributed by atoms with Crippen LogP contribution in [-0.2, 0) is 7.05 Å². The molecule has 0 unspecified atom stereocenters. The van der Waals surface area contributed by atoms with Crippen LogP contribution in [-0.4, -0.2) is 36.3 Å². The molecule has 0 saturated heterocycles. The summed E-state index contributed by atoms with van der Waals surface area (Å²) < 4.78 is 1.72. The minimum atomic E-state index is -0.508. The predicted molar refractivity (Wildman–Crippen MR) is 114 cm³/mol. The maximum Gasteiger partial charge on any atom is 0.269 e. The number of aromatic hydroxyl groups is 1. The van der Waals surface area contributed by atoms with Gasteiger partial charge in [0.25, 0.3) is 5.69 Å². The summed E-state index contributed by atoms with van der Waals surface area (Å²) >= 11 is 1.21. The maximum absolute atomic E-state index is 12.4. The van der Waals surface area contributed by atoms with Crippen molar-refractivity contribution in [1.82, 2.24) is 14.8 Å². The second-order valence-electron chi connectivity index (χ2n) is 6.60. The number of aromatic nitrogens is 3. The quantitative estimate of drug-likeness (QED) is 0.215. The van der Waals surface area contributed by atoms with Crippen molar-refractivity contribution in [2.24, 2.45) is 7.05 Å². The summed E-state index contributed by atoms with van der Waals surface area (Å²) in [5.41, 5.74) is 0.882. The molecule has 4 aromatic rings. The van der Waals surface area contributed by atoms with Gasteiger partial charge in [0.05, 0.1) is 16.2 Å². The number of Topliss-reactive ketones (excluding diaryl/α,β-unsaturated/α-hetero) is 1. The van der Waals surface area contributed by atoms with Crippen molar-refractivity contribution in [1.29, 1.82) is 0 Å². The number of hydrogen-bond donors (Lipinski definition) is 1. The van der Waals surface area contributed by atoms with Crippen LogP contribution >= 0.6 is 11.8 Å². The van der Waals surface area contributed by atoms with Crippen molar-refractivity contribution in [3.8, 4) is 17.1 Å². The van der Waals surface area contributed by atoms with Crippen molar-refractivity contribution < 1.29 is 14.8 Å². The zero-order valence-corrected chi connectivity index (χ0v) is 16.7. The number of nitro benzene ring substituents is 1. The number of phenols is 1. The van der Waals surface area contributed by atoms with E-state index in [1.807, 2.05) is 30.3 Å². The Morgan fingerprint density at radius 2 is 1.77 bits per heavy atom. The number of phenolic OH excluding ortho intramolecular Hbond substituents is 1. The topological polar surface area (TPSA) is 111 Å². The molecular formula is C21H16N4O4S. The summed E-state index contributed by atoms with van der Waals surface area (Å²) in [6.07, 6.45) is 0. The molecule has 0 atom stereocenters. The Labute approximate surface area is 175 Å². The molecule has 0 fully saturated rings. The third kappa shape index (κ3) is 3.74. The van der Waals surface area contributed by atoms with E-state index in [0.717, 1.165) is 10.8 Å². The number of carbonyl (C=O) groups is 1. The highest BCUT2D eigenvalue weighted by Gasteiger charge is 2.17. The Morgan fingerprint density at radius 3 is 2.43 bits per heavy atom. The number of benzene rings is 3. The van der Waals surface area contributed by atoms with Crippen LogP contribution < -0.4 is 0 Å². The van der Waals surface area contributed by atoms with Crippen LogP contribution in [0.2, 0.25) is 0 Å². The first-order valence-electron chi connectivity index (χ1n) is 8.96. The first kappa shape index (κ1) is 19.6. The summed E-state index contributed by atoms with van der Waals surface area (Å²) in [4.78, 5) is 22.6. The fourth-order valence-electron chi connectivity index (χ4n) is 3.06. The molecule has 4 rings (SSSR count). The van der Waals surface area contributed by atoms with Gasteiger partial charge in [0, 0.05) is 24.7 Å². The Balaban J connectivity index is 1.53. The Morgan fingerprint density at radius 1 is 1.10 bits per heavy atom. The fourth-order valence-corrected chi connectivity index (χ4v) is 3.87. The summed E-state index contributed by atoms with van der Waals surface area (Å²) in [7, 11) is 1.77. The molecular weight excluding hydrogens is 404 g/mol. The molecule has 1 N–H and O–H groups in total. The minimum absolute atomic E-state index is 0.0626. The zero-order chi connectivity index (χ0) is 21.3. The van der Waals surface area contributed by atoms with Gasteiger partial charge in [-0.3, -0.25) is 14.9 Å². The number of fused-ring (bicyclic) bond motifs is 1. The number of thioether (sulfide) groups is 1. The molecule has 0 saturated carbocycles. The third-order valence-corrected chi connectivity index (χ3v) is 5.69. The van der Waals surface area contributed by atoms with Crippen LogP contribution in [0.5, 0.6) is 5.75 Å². The third-order valence-electron chi connectivity index (χ3n) is 4.67. The molecule has 0 aliphatic rings. The first-order chi connectivity index (χ1) is 14.4. The van der Waals surface area contributed by atoms with E-state index in [4.69, 9.17) is 0 Å². The van der Waals surface area contributed by atoms with E-state index < -0.39 is 4.92 Å². The predicted octanol–water partition coefficient (Wildman–Crippen LogP) is 4.22. The van der Waals surface area contributed by atoms with Crippen LogP contribution in [0.25, 0.3) is 22.2 Å². The van der Waals surface area contributed by atoms with Gasteiger partial charge in [0.1, 0.15) is 5.75 Å². The normalized spacial score (nSPS) is 11.0. The lowest BCUT2D eigenvalue weighted by Gasteiger charge is -2.07. The highest BCUT2D eigenvalue weighted by molar-refractivity contribution is 7.99. The smallest absolute Gasteiger partial charge is 0.269 e. The summed E-state index contributed by atoms with van der Waals surface area (Å²) in [5.74, 6) is 0.521.